The Morgan fingerprint density at radius 2 is 2.60 bits per heavy atom. The van der Waals surface area contributed by atoms with Gasteiger partial charge in [-0.05, 0) is 0 Å². The van der Waals surface area contributed by atoms with Gasteiger partial charge >= 0.3 is 0 Å². The minimum atomic E-state index is 0.377. The molecule has 0 saturated carbocycles. The lowest BCUT2D eigenvalue weighted by molar-refractivity contribution is 0.711. The van der Waals surface area contributed by atoms with Crippen LogP contribution in [-0.4, -0.2) is 18.7 Å². The number of aliphatic imine (C=N–C) groups is 2. The van der Waals surface area contributed by atoms with E-state index in [-0.39, 0.29) is 0 Å². The zero-order valence-electron chi connectivity index (χ0n) is 5.41. The van der Waals surface area contributed by atoms with Gasteiger partial charge in [0, 0.05) is 12.7 Å². The smallest absolute Gasteiger partial charge is 0.126 e. The van der Waals surface area contributed by atoms with Gasteiger partial charge in [-0.25, -0.2) is 15.4 Å². The van der Waals surface area contributed by atoms with Crippen LogP contribution in [0.5, 0.6) is 0 Å². The maximum Gasteiger partial charge on any atom is 0.126 e. The molecule has 4 heteroatoms. The second kappa shape index (κ2) is 2.22. The van der Waals surface area contributed by atoms with E-state index < -0.39 is 0 Å². The first-order valence-electron chi connectivity index (χ1n) is 3.22. The van der Waals surface area contributed by atoms with Crippen molar-refractivity contribution in [2.45, 2.75) is 0 Å². The first-order chi connectivity index (χ1) is 4.97. The monoisotopic (exact) mass is 136 g/mol. The molecule has 2 aliphatic heterocycles. The van der Waals surface area contributed by atoms with Crippen LogP contribution in [0, 0.1) is 5.92 Å². The summed E-state index contributed by atoms with van der Waals surface area (Å²) in [4.78, 5) is 7.97. The van der Waals surface area contributed by atoms with Crippen molar-refractivity contribution in [2.75, 3.05) is 6.54 Å². The Bertz CT molecular complexity index is 216. The third-order valence-corrected chi connectivity index (χ3v) is 1.56. The highest BCUT2D eigenvalue weighted by Gasteiger charge is 2.18. The topological polar surface area (TPSA) is 48.8 Å². The third kappa shape index (κ3) is 0.823. The SMILES string of the molecule is C1=CC2CNNC2=NC=N1. The largest absolute Gasteiger partial charge is 0.309 e. The maximum absolute atomic E-state index is 4.07. The molecular formula is C6H8N4. The van der Waals surface area contributed by atoms with Crippen molar-refractivity contribution in [3.8, 4) is 0 Å². The van der Waals surface area contributed by atoms with E-state index in [2.05, 4.69) is 20.8 Å². The average molecular weight is 136 g/mol. The van der Waals surface area contributed by atoms with Gasteiger partial charge in [0.1, 0.15) is 12.2 Å². The van der Waals surface area contributed by atoms with Crippen LogP contribution in [0.1, 0.15) is 0 Å². The third-order valence-electron chi connectivity index (χ3n) is 1.56. The summed E-state index contributed by atoms with van der Waals surface area (Å²) in [5, 5.41) is 0. The molecule has 1 atom stereocenters. The molecule has 2 rings (SSSR count). The first kappa shape index (κ1) is 5.61. The summed E-state index contributed by atoms with van der Waals surface area (Å²) in [5.74, 6) is 1.33. The number of nitrogens with zero attached hydrogens (tertiary/aromatic N) is 2. The summed E-state index contributed by atoms with van der Waals surface area (Å²) < 4.78 is 0. The Morgan fingerprint density at radius 1 is 1.60 bits per heavy atom. The van der Waals surface area contributed by atoms with E-state index in [1.54, 1.807) is 12.5 Å². The summed E-state index contributed by atoms with van der Waals surface area (Å²) in [7, 11) is 0. The van der Waals surface area contributed by atoms with Crippen molar-refractivity contribution < 1.29 is 0 Å². The number of hydrogen-bond acceptors (Lipinski definition) is 4. The molecule has 2 heterocycles. The lowest BCUT2D eigenvalue weighted by atomic mass is 10.1. The molecule has 0 aromatic rings. The summed E-state index contributed by atoms with van der Waals surface area (Å²) >= 11 is 0. The van der Waals surface area contributed by atoms with E-state index in [1.807, 2.05) is 6.08 Å². The maximum atomic E-state index is 4.07. The highest BCUT2D eigenvalue weighted by molar-refractivity contribution is 5.93. The number of fused-ring (bicyclic) bond motifs is 1. The van der Waals surface area contributed by atoms with Crippen LogP contribution in [0.4, 0.5) is 0 Å². The van der Waals surface area contributed by atoms with Crippen molar-refractivity contribution in [2.24, 2.45) is 15.9 Å². The molecule has 2 aliphatic rings. The van der Waals surface area contributed by atoms with Crippen LogP contribution in [-0.2, 0) is 0 Å². The molecule has 0 bridgehead atoms. The molecule has 10 heavy (non-hydrogen) atoms. The molecule has 2 N–H and O–H groups in total. The fraction of sp³-hybridized carbons (Fsp3) is 0.333. The van der Waals surface area contributed by atoms with Crippen molar-refractivity contribution in [1.29, 1.82) is 0 Å². The summed E-state index contributed by atoms with van der Waals surface area (Å²) in [6, 6.07) is 0. The van der Waals surface area contributed by atoms with Gasteiger partial charge < -0.3 is 5.43 Å². The van der Waals surface area contributed by atoms with E-state index in [0.29, 0.717) is 5.92 Å². The van der Waals surface area contributed by atoms with Crippen molar-refractivity contribution in [3.05, 3.63) is 12.3 Å². The molecule has 52 valence electrons. The van der Waals surface area contributed by atoms with Gasteiger partial charge in [0.15, 0.2) is 0 Å². The van der Waals surface area contributed by atoms with Crippen molar-refractivity contribution in [1.82, 2.24) is 10.9 Å². The molecule has 0 amide bonds. The molecule has 1 unspecified atom stereocenters. The van der Waals surface area contributed by atoms with Crippen LogP contribution < -0.4 is 10.9 Å². The van der Waals surface area contributed by atoms with Gasteiger partial charge in [-0.15, -0.1) is 0 Å². The molecule has 4 nitrogen and oxygen atoms in total. The molecule has 1 saturated heterocycles. The van der Waals surface area contributed by atoms with Crippen molar-refractivity contribution in [3.63, 3.8) is 0 Å². The predicted octanol–water partition coefficient (Wildman–Crippen LogP) is -0.336. The lowest BCUT2D eigenvalue weighted by Gasteiger charge is -1.97. The summed E-state index contributed by atoms with van der Waals surface area (Å²) in [6.45, 7) is 0.901. The fourth-order valence-electron chi connectivity index (χ4n) is 1.02. The van der Waals surface area contributed by atoms with E-state index in [9.17, 15) is 0 Å². The van der Waals surface area contributed by atoms with Crippen LogP contribution in [0.3, 0.4) is 0 Å². The standard InChI is InChI=1S/C6H8N4/c1-2-7-4-8-6-5(1)3-9-10-6/h1-2,4-5,9H,3H2,(H,7,8,10). The number of amidine groups is 1. The van der Waals surface area contributed by atoms with E-state index in [4.69, 9.17) is 0 Å². The quantitative estimate of drug-likeness (QED) is 0.479. The molecule has 0 spiro atoms. The van der Waals surface area contributed by atoms with Crippen LogP contribution >= 0.6 is 0 Å². The Balaban J connectivity index is 2.29. The Hall–Kier alpha value is -1.16. The lowest BCUT2D eigenvalue weighted by Crippen LogP contribution is -2.26. The molecule has 0 aliphatic carbocycles. The number of nitrogens with one attached hydrogen (secondary N) is 2. The molecule has 0 aromatic carbocycles. The predicted molar refractivity (Wildman–Crippen MR) is 39.7 cm³/mol. The second-order valence-electron chi connectivity index (χ2n) is 2.23. The minimum absolute atomic E-state index is 0.377. The highest BCUT2D eigenvalue weighted by atomic mass is 15.4. The Labute approximate surface area is 58.7 Å². The average Bonchev–Trinajstić information content (AvgIpc) is 2.28. The van der Waals surface area contributed by atoms with E-state index in [1.165, 1.54) is 0 Å². The molecule has 1 fully saturated rings. The molecular weight excluding hydrogens is 128 g/mol. The second-order valence-corrected chi connectivity index (χ2v) is 2.23. The van der Waals surface area contributed by atoms with E-state index >= 15 is 0 Å². The van der Waals surface area contributed by atoms with Gasteiger partial charge in [0.05, 0.1) is 5.92 Å². The summed E-state index contributed by atoms with van der Waals surface area (Å²) in [6.07, 6.45) is 5.34. The minimum Gasteiger partial charge on any atom is -0.309 e. The Kier molecular flexibility index (Phi) is 1.25. The summed E-state index contributed by atoms with van der Waals surface area (Å²) in [5.41, 5.74) is 5.95. The van der Waals surface area contributed by atoms with Gasteiger partial charge in [-0.2, -0.15) is 0 Å². The van der Waals surface area contributed by atoms with Gasteiger partial charge in [-0.3, -0.25) is 0 Å². The van der Waals surface area contributed by atoms with Gasteiger partial charge in [0.2, 0.25) is 0 Å². The first-order valence-corrected chi connectivity index (χ1v) is 3.22. The zero-order valence-corrected chi connectivity index (χ0v) is 5.41. The zero-order chi connectivity index (χ0) is 6.81. The number of hydrogen-bond donors (Lipinski definition) is 2. The van der Waals surface area contributed by atoms with Crippen LogP contribution in [0.2, 0.25) is 0 Å². The van der Waals surface area contributed by atoms with Gasteiger partial charge in [0.25, 0.3) is 0 Å². The molecule has 0 radical (unpaired) electrons. The normalized spacial score (nSPS) is 28.8. The fourth-order valence-corrected chi connectivity index (χ4v) is 1.02. The Morgan fingerprint density at radius 3 is 3.60 bits per heavy atom. The van der Waals surface area contributed by atoms with Crippen LogP contribution in [0.25, 0.3) is 0 Å². The van der Waals surface area contributed by atoms with Crippen molar-refractivity contribution >= 4 is 12.2 Å². The van der Waals surface area contributed by atoms with Gasteiger partial charge in [-0.1, -0.05) is 6.08 Å². The highest BCUT2D eigenvalue weighted by Crippen LogP contribution is 2.05. The number of rotatable bonds is 0. The van der Waals surface area contributed by atoms with E-state index in [0.717, 1.165) is 12.4 Å². The van der Waals surface area contributed by atoms with Crippen LogP contribution in [0.15, 0.2) is 22.3 Å². The number of hydrazine groups is 1. The molecule has 0 aromatic heterocycles.